The normalized spacial score (nSPS) is 18.1. The van der Waals surface area contributed by atoms with E-state index in [0.29, 0.717) is 21.4 Å². The van der Waals surface area contributed by atoms with Crippen molar-refractivity contribution in [2.24, 2.45) is 0 Å². The Morgan fingerprint density at radius 1 is 1.33 bits per heavy atom. The van der Waals surface area contributed by atoms with E-state index in [-0.39, 0.29) is 11.7 Å². The third-order valence-electron chi connectivity index (χ3n) is 2.74. The molecular weight excluding hydrogens is 272 g/mol. The summed E-state index contributed by atoms with van der Waals surface area (Å²) in [5, 5.41) is 10.6. The molecule has 0 radical (unpaired) electrons. The Bertz CT molecular complexity index is 571. The molecule has 0 unspecified atom stereocenters. The number of likely N-dealkylation sites (N-methyl/N-ethyl adjacent to an activating group) is 2. The SMILES string of the molecule is CN1C(=O)/C(=C/c2cc(Cl)ccc2O)N(C)C1=S. The van der Waals surface area contributed by atoms with Gasteiger partial charge in [-0.2, -0.15) is 0 Å². The molecule has 0 spiro atoms. The number of halogens is 1. The number of thiocarbonyl (C=S) groups is 1. The first-order valence-corrected chi connectivity index (χ1v) is 5.96. The first kappa shape index (κ1) is 12.9. The summed E-state index contributed by atoms with van der Waals surface area (Å²) in [5.41, 5.74) is 0.885. The van der Waals surface area contributed by atoms with Gasteiger partial charge in [-0.05, 0) is 36.5 Å². The molecule has 1 N–H and O–H groups in total. The molecule has 1 aliphatic heterocycles. The Balaban J connectivity index is 2.48. The second-order valence-electron chi connectivity index (χ2n) is 3.94. The van der Waals surface area contributed by atoms with Crippen LogP contribution in [0, 0.1) is 0 Å². The van der Waals surface area contributed by atoms with Crippen LogP contribution in [0.15, 0.2) is 23.9 Å². The third kappa shape index (κ3) is 2.07. The minimum absolute atomic E-state index is 0.0635. The van der Waals surface area contributed by atoms with Crippen LogP contribution in [0.2, 0.25) is 5.02 Å². The van der Waals surface area contributed by atoms with Crippen molar-refractivity contribution in [3.05, 3.63) is 34.5 Å². The van der Waals surface area contributed by atoms with Crippen LogP contribution in [0.5, 0.6) is 5.75 Å². The van der Waals surface area contributed by atoms with Gasteiger partial charge in [-0.1, -0.05) is 11.6 Å². The number of rotatable bonds is 1. The molecule has 1 aliphatic rings. The van der Waals surface area contributed by atoms with Crippen molar-refractivity contribution in [3.8, 4) is 5.75 Å². The van der Waals surface area contributed by atoms with Crippen LogP contribution >= 0.6 is 23.8 Å². The first-order chi connectivity index (χ1) is 8.41. The molecule has 0 aromatic heterocycles. The Morgan fingerprint density at radius 2 is 2.00 bits per heavy atom. The second kappa shape index (κ2) is 4.59. The van der Waals surface area contributed by atoms with Gasteiger partial charge in [-0.25, -0.2) is 0 Å². The van der Waals surface area contributed by atoms with Crippen LogP contribution in [0.3, 0.4) is 0 Å². The Kier molecular flexibility index (Phi) is 3.28. The van der Waals surface area contributed by atoms with Gasteiger partial charge in [0.2, 0.25) is 0 Å². The number of phenols is 1. The van der Waals surface area contributed by atoms with E-state index in [4.69, 9.17) is 23.8 Å². The van der Waals surface area contributed by atoms with Crippen LogP contribution in [-0.4, -0.2) is 40.0 Å². The number of carbonyl (C=O) groups is 1. The molecule has 1 aromatic rings. The number of benzene rings is 1. The van der Waals surface area contributed by atoms with Crippen molar-refractivity contribution >= 4 is 40.9 Å². The molecule has 94 valence electrons. The highest BCUT2D eigenvalue weighted by molar-refractivity contribution is 7.80. The molecule has 0 saturated carbocycles. The average Bonchev–Trinajstić information content (AvgIpc) is 2.51. The van der Waals surface area contributed by atoms with Gasteiger partial charge in [0.05, 0.1) is 0 Å². The maximum absolute atomic E-state index is 11.9. The number of hydrogen-bond acceptors (Lipinski definition) is 3. The average molecular weight is 283 g/mol. The molecule has 1 amide bonds. The van der Waals surface area contributed by atoms with Gasteiger partial charge in [0.15, 0.2) is 5.11 Å². The number of hydrogen-bond donors (Lipinski definition) is 1. The molecule has 1 saturated heterocycles. The monoisotopic (exact) mass is 282 g/mol. The highest BCUT2D eigenvalue weighted by Gasteiger charge is 2.32. The third-order valence-corrected chi connectivity index (χ3v) is 3.52. The summed E-state index contributed by atoms with van der Waals surface area (Å²) in [6.45, 7) is 0. The summed E-state index contributed by atoms with van der Waals surface area (Å²) in [5.74, 6) is -0.143. The second-order valence-corrected chi connectivity index (χ2v) is 4.74. The van der Waals surface area contributed by atoms with Gasteiger partial charge < -0.3 is 10.0 Å². The van der Waals surface area contributed by atoms with Gasteiger partial charge in [0.25, 0.3) is 5.91 Å². The summed E-state index contributed by atoms with van der Waals surface area (Å²) in [6, 6.07) is 4.65. The standard InChI is InChI=1S/C12H11ClN2O2S/c1-14-9(11(17)15(2)12(14)18)6-7-5-8(13)3-4-10(7)16/h3-6,16H,1-2H3/b9-6-. The molecule has 0 aliphatic carbocycles. The largest absolute Gasteiger partial charge is 0.507 e. The number of nitrogens with zero attached hydrogens (tertiary/aromatic N) is 2. The lowest BCUT2D eigenvalue weighted by Crippen LogP contribution is -2.26. The highest BCUT2D eigenvalue weighted by atomic mass is 35.5. The summed E-state index contributed by atoms with van der Waals surface area (Å²) in [6.07, 6.45) is 1.57. The van der Waals surface area contributed by atoms with E-state index in [0.717, 1.165) is 0 Å². The molecule has 1 aromatic carbocycles. The zero-order valence-electron chi connectivity index (χ0n) is 9.85. The summed E-state index contributed by atoms with van der Waals surface area (Å²) in [7, 11) is 3.32. The lowest BCUT2D eigenvalue weighted by atomic mass is 10.1. The number of aromatic hydroxyl groups is 1. The van der Waals surface area contributed by atoms with Crippen molar-refractivity contribution in [3.63, 3.8) is 0 Å². The number of amides is 1. The van der Waals surface area contributed by atoms with Gasteiger partial charge >= 0.3 is 0 Å². The van der Waals surface area contributed by atoms with Gasteiger partial charge in [-0.3, -0.25) is 9.69 Å². The fourth-order valence-corrected chi connectivity index (χ4v) is 2.04. The van der Waals surface area contributed by atoms with Crippen molar-refractivity contribution in [1.82, 2.24) is 9.80 Å². The van der Waals surface area contributed by atoms with E-state index in [1.54, 1.807) is 37.2 Å². The molecule has 6 heteroatoms. The molecule has 0 bridgehead atoms. The van der Waals surface area contributed by atoms with Crippen molar-refractivity contribution in [2.75, 3.05) is 14.1 Å². The predicted molar refractivity (Wildman–Crippen MR) is 74.2 cm³/mol. The Labute approximate surface area is 115 Å². The Hall–Kier alpha value is -1.59. The molecule has 4 nitrogen and oxygen atoms in total. The lowest BCUT2D eigenvalue weighted by molar-refractivity contribution is -0.121. The van der Waals surface area contributed by atoms with Crippen molar-refractivity contribution < 1.29 is 9.90 Å². The first-order valence-electron chi connectivity index (χ1n) is 5.18. The van der Waals surface area contributed by atoms with Gasteiger partial charge in [0.1, 0.15) is 11.4 Å². The van der Waals surface area contributed by atoms with Gasteiger partial charge in [0, 0.05) is 24.7 Å². The molecule has 1 heterocycles. The zero-order chi connectivity index (χ0) is 13.4. The summed E-state index contributed by atoms with van der Waals surface area (Å²) >= 11 is 11.0. The Morgan fingerprint density at radius 3 is 2.56 bits per heavy atom. The van der Waals surface area contributed by atoms with Crippen LogP contribution in [-0.2, 0) is 4.79 Å². The van der Waals surface area contributed by atoms with E-state index in [1.807, 2.05) is 0 Å². The van der Waals surface area contributed by atoms with E-state index < -0.39 is 0 Å². The maximum atomic E-state index is 11.9. The molecule has 0 atom stereocenters. The smallest absolute Gasteiger partial charge is 0.276 e. The van der Waals surface area contributed by atoms with E-state index in [9.17, 15) is 9.90 Å². The summed E-state index contributed by atoms with van der Waals surface area (Å²) < 4.78 is 0. The van der Waals surface area contributed by atoms with E-state index in [1.165, 1.54) is 11.0 Å². The topological polar surface area (TPSA) is 43.8 Å². The fourth-order valence-electron chi connectivity index (χ4n) is 1.68. The van der Waals surface area contributed by atoms with E-state index in [2.05, 4.69) is 0 Å². The maximum Gasteiger partial charge on any atom is 0.276 e. The quantitative estimate of drug-likeness (QED) is 0.633. The molecular formula is C12H11ClN2O2S. The van der Waals surface area contributed by atoms with E-state index >= 15 is 0 Å². The highest BCUT2D eigenvalue weighted by Crippen LogP contribution is 2.27. The molecule has 18 heavy (non-hydrogen) atoms. The minimum Gasteiger partial charge on any atom is -0.507 e. The van der Waals surface area contributed by atoms with Crippen LogP contribution in [0.4, 0.5) is 0 Å². The number of carbonyl (C=O) groups excluding carboxylic acids is 1. The van der Waals surface area contributed by atoms with Crippen LogP contribution in [0.25, 0.3) is 6.08 Å². The lowest BCUT2D eigenvalue weighted by Gasteiger charge is -2.11. The van der Waals surface area contributed by atoms with Crippen LogP contribution < -0.4 is 0 Å². The predicted octanol–water partition coefficient (Wildman–Crippen LogP) is 2.08. The van der Waals surface area contributed by atoms with Gasteiger partial charge in [-0.15, -0.1) is 0 Å². The van der Waals surface area contributed by atoms with Crippen LogP contribution in [0.1, 0.15) is 5.56 Å². The zero-order valence-corrected chi connectivity index (χ0v) is 11.4. The number of phenolic OH excluding ortho intramolecular Hbond substituents is 1. The van der Waals surface area contributed by atoms with Crippen molar-refractivity contribution in [1.29, 1.82) is 0 Å². The fraction of sp³-hybridized carbons (Fsp3) is 0.167. The summed E-state index contributed by atoms with van der Waals surface area (Å²) in [4.78, 5) is 14.9. The molecule has 1 fully saturated rings. The minimum atomic E-state index is -0.207. The molecule has 2 rings (SSSR count). The van der Waals surface area contributed by atoms with Crippen molar-refractivity contribution in [2.45, 2.75) is 0 Å².